The number of aryl methyl sites for hydroxylation is 1. The third-order valence-corrected chi connectivity index (χ3v) is 5.87. The largest absolute Gasteiger partial charge is 0.490 e. The first-order valence-electron chi connectivity index (χ1n) is 11.5. The molecule has 12 heteroatoms. The summed E-state index contributed by atoms with van der Waals surface area (Å²) in [5.41, 5.74) is 8.92. The summed E-state index contributed by atoms with van der Waals surface area (Å²) in [6, 6.07) is 3.56. The van der Waals surface area contributed by atoms with Crippen molar-refractivity contribution < 1.29 is 28.1 Å². The number of nitrogens with one attached hydrogen (secondary N) is 2. The minimum Gasteiger partial charge on any atom is -0.490 e. The Labute approximate surface area is 201 Å². The third kappa shape index (κ3) is 7.58. The normalized spacial score (nSPS) is 20.8. The van der Waals surface area contributed by atoms with E-state index in [0.717, 1.165) is 11.2 Å². The molecule has 0 saturated heterocycles. The molecule has 3 rings (SSSR count). The summed E-state index contributed by atoms with van der Waals surface area (Å²) in [6.07, 6.45) is -1.10. The molecule has 1 aromatic heterocycles. The Bertz CT molecular complexity index is 1050. The lowest BCUT2D eigenvalue weighted by Gasteiger charge is -2.30. The van der Waals surface area contributed by atoms with E-state index in [-0.39, 0.29) is 24.6 Å². The van der Waals surface area contributed by atoms with Crippen molar-refractivity contribution in [1.82, 2.24) is 20.2 Å². The standard InChI is InChI=1S/C23H33F3N6O3/c1-14(28-7-8-33)9-21(27)31-18-10-17(11-19-22(18)30-13-32(19)2)35-16-5-3-15(4-6-16)29-12-20(34)23(24,25)26/h9-11,13,15-16,20,28-29,33-34H,3-8,12H2,1-2H3,(H2,27,31)/b14-9-/t15?,16?,20-/m1/s1. The number of aliphatic hydroxyl groups is 2. The van der Waals surface area contributed by atoms with E-state index in [1.54, 1.807) is 18.5 Å². The number of fused-ring (bicyclic) bond motifs is 1. The summed E-state index contributed by atoms with van der Waals surface area (Å²) < 4.78 is 45.6. The number of halogens is 3. The van der Waals surface area contributed by atoms with Crippen LogP contribution in [0.1, 0.15) is 32.6 Å². The van der Waals surface area contributed by atoms with Crippen LogP contribution in [0.15, 0.2) is 35.2 Å². The molecule has 0 radical (unpaired) electrons. The molecular weight excluding hydrogens is 465 g/mol. The van der Waals surface area contributed by atoms with Crippen LogP contribution in [0.5, 0.6) is 5.75 Å². The van der Waals surface area contributed by atoms with Crippen LogP contribution < -0.4 is 21.1 Å². The van der Waals surface area contributed by atoms with Gasteiger partial charge in [-0.05, 0) is 38.7 Å². The maximum atomic E-state index is 12.5. The average molecular weight is 499 g/mol. The molecule has 2 aromatic rings. The molecule has 1 aromatic carbocycles. The van der Waals surface area contributed by atoms with Crippen molar-refractivity contribution in [1.29, 1.82) is 0 Å². The number of rotatable bonds is 10. The lowest BCUT2D eigenvalue weighted by Crippen LogP contribution is -2.44. The number of nitrogens with zero attached hydrogens (tertiary/aromatic N) is 3. The van der Waals surface area contributed by atoms with E-state index in [9.17, 15) is 18.3 Å². The Hall–Kier alpha value is -2.83. The SMILES string of the molecule is C/C(=C/C(N)=Nc1cc(OC2CCC(NC[C@@H](O)C(F)(F)F)CC2)cc2c1ncn2C)NCCO. The molecule has 1 aliphatic carbocycles. The molecular formula is C23H33F3N6O3. The van der Waals surface area contributed by atoms with Gasteiger partial charge in [0.05, 0.1) is 30.2 Å². The number of amidine groups is 1. The molecule has 1 fully saturated rings. The van der Waals surface area contributed by atoms with Crippen LogP contribution in [0.25, 0.3) is 11.0 Å². The van der Waals surface area contributed by atoms with Gasteiger partial charge in [-0.25, -0.2) is 9.98 Å². The second kappa shape index (κ2) is 11.7. The molecule has 194 valence electrons. The van der Waals surface area contributed by atoms with Crippen LogP contribution in [0, 0.1) is 0 Å². The Morgan fingerprint density at radius 2 is 2.06 bits per heavy atom. The zero-order valence-electron chi connectivity index (χ0n) is 19.8. The van der Waals surface area contributed by atoms with Crippen LogP contribution in [-0.2, 0) is 7.05 Å². The first-order valence-corrected chi connectivity index (χ1v) is 11.5. The van der Waals surface area contributed by atoms with Crippen molar-refractivity contribution in [2.24, 2.45) is 17.8 Å². The molecule has 6 N–H and O–H groups in total. The number of nitrogens with two attached hydrogens (primary N) is 1. The second-order valence-corrected chi connectivity index (χ2v) is 8.74. The van der Waals surface area contributed by atoms with Gasteiger partial charge in [0, 0.05) is 44.0 Å². The highest BCUT2D eigenvalue weighted by Gasteiger charge is 2.38. The Kier molecular flexibility index (Phi) is 8.98. The first-order chi connectivity index (χ1) is 16.6. The lowest BCUT2D eigenvalue weighted by molar-refractivity contribution is -0.202. The minimum atomic E-state index is -4.62. The van der Waals surface area contributed by atoms with Crippen LogP contribution in [0.4, 0.5) is 18.9 Å². The molecule has 1 atom stereocenters. The zero-order chi connectivity index (χ0) is 25.6. The predicted octanol–water partition coefficient (Wildman–Crippen LogP) is 2.25. The molecule has 0 unspecified atom stereocenters. The van der Waals surface area contributed by atoms with Gasteiger partial charge >= 0.3 is 6.18 Å². The van der Waals surface area contributed by atoms with Crippen molar-refractivity contribution in [3.8, 4) is 5.75 Å². The fourth-order valence-corrected chi connectivity index (χ4v) is 4.01. The molecule has 35 heavy (non-hydrogen) atoms. The summed E-state index contributed by atoms with van der Waals surface area (Å²) in [6.45, 7) is 1.72. The highest BCUT2D eigenvalue weighted by Crippen LogP contribution is 2.33. The van der Waals surface area contributed by atoms with E-state index in [1.165, 1.54) is 0 Å². The number of aromatic nitrogens is 2. The average Bonchev–Trinajstić information content (AvgIpc) is 3.17. The predicted molar refractivity (Wildman–Crippen MR) is 128 cm³/mol. The lowest BCUT2D eigenvalue weighted by atomic mass is 9.93. The fourth-order valence-electron chi connectivity index (χ4n) is 4.01. The first kappa shape index (κ1) is 26.8. The summed E-state index contributed by atoms with van der Waals surface area (Å²) in [4.78, 5) is 8.93. The van der Waals surface area contributed by atoms with Gasteiger partial charge in [0.1, 0.15) is 17.1 Å². The number of hydrogen-bond acceptors (Lipinski definition) is 7. The quantitative estimate of drug-likeness (QED) is 0.251. The van der Waals surface area contributed by atoms with Crippen LogP contribution in [0.2, 0.25) is 0 Å². The maximum absolute atomic E-state index is 12.5. The number of aliphatic imine (C=N–C) groups is 1. The van der Waals surface area contributed by atoms with Crippen molar-refractivity contribution in [3.63, 3.8) is 0 Å². The number of ether oxygens (including phenoxy) is 1. The van der Waals surface area contributed by atoms with E-state index in [4.69, 9.17) is 15.6 Å². The van der Waals surface area contributed by atoms with Crippen molar-refractivity contribution in [2.75, 3.05) is 19.7 Å². The number of allylic oxidation sites excluding steroid dienone is 1. The fraction of sp³-hybridized carbons (Fsp3) is 0.565. The molecule has 0 aliphatic heterocycles. The van der Waals surface area contributed by atoms with Gasteiger partial charge in [0.15, 0.2) is 6.10 Å². The molecule has 0 spiro atoms. The summed E-state index contributed by atoms with van der Waals surface area (Å²) in [5, 5.41) is 23.9. The van der Waals surface area contributed by atoms with E-state index >= 15 is 0 Å². The van der Waals surface area contributed by atoms with Gasteiger partial charge in [-0.15, -0.1) is 0 Å². The van der Waals surface area contributed by atoms with Gasteiger partial charge < -0.3 is 35.9 Å². The number of alkyl halides is 3. The summed E-state index contributed by atoms with van der Waals surface area (Å²) in [5.74, 6) is 0.875. The highest BCUT2D eigenvalue weighted by molar-refractivity contribution is 5.98. The zero-order valence-corrected chi connectivity index (χ0v) is 19.8. The smallest absolute Gasteiger partial charge is 0.415 e. The van der Waals surface area contributed by atoms with E-state index in [0.29, 0.717) is 49.2 Å². The molecule has 9 nitrogen and oxygen atoms in total. The van der Waals surface area contributed by atoms with E-state index in [2.05, 4.69) is 20.6 Å². The van der Waals surface area contributed by atoms with Crippen LogP contribution in [-0.4, -0.2) is 69.7 Å². The van der Waals surface area contributed by atoms with Gasteiger partial charge in [-0.3, -0.25) is 0 Å². The highest BCUT2D eigenvalue weighted by atomic mass is 19.4. The number of aliphatic hydroxyl groups excluding tert-OH is 2. The molecule has 0 bridgehead atoms. The second-order valence-electron chi connectivity index (χ2n) is 8.74. The monoisotopic (exact) mass is 498 g/mol. The molecule has 1 heterocycles. The molecule has 1 saturated carbocycles. The van der Waals surface area contributed by atoms with Gasteiger partial charge in [0.2, 0.25) is 0 Å². The topological polar surface area (TPSA) is 130 Å². The molecule has 0 amide bonds. The minimum absolute atomic E-state index is 0.00363. The molecule has 1 aliphatic rings. The van der Waals surface area contributed by atoms with E-state index < -0.39 is 18.8 Å². The van der Waals surface area contributed by atoms with Crippen molar-refractivity contribution in [3.05, 3.63) is 30.2 Å². The van der Waals surface area contributed by atoms with Gasteiger partial charge in [-0.2, -0.15) is 13.2 Å². The van der Waals surface area contributed by atoms with E-state index in [1.807, 2.05) is 24.6 Å². The maximum Gasteiger partial charge on any atom is 0.415 e. The van der Waals surface area contributed by atoms with Crippen LogP contribution in [0.3, 0.4) is 0 Å². The number of hydrogen-bond donors (Lipinski definition) is 5. The van der Waals surface area contributed by atoms with Gasteiger partial charge in [0.25, 0.3) is 0 Å². The Morgan fingerprint density at radius 1 is 1.34 bits per heavy atom. The Morgan fingerprint density at radius 3 is 2.71 bits per heavy atom. The summed E-state index contributed by atoms with van der Waals surface area (Å²) >= 11 is 0. The van der Waals surface area contributed by atoms with Gasteiger partial charge in [-0.1, -0.05) is 0 Å². The third-order valence-electron chi connectivity index (χ3n) is 5.87. The van der Waals surface area contributed by atoms with Crippen LogP contribution >= 0.6 is 0 Å². The number of imidazole rings is 1. The summed E-state index contributed by atoms with van der Waals surface area (Å²) in [7, 11) is 1.87. The van der Waals surface area contributed by atoms with Crippen molar-refractivity contribution in [2.45, 2.75) is 57.0 Å². The Balaban J connectivity index is 1.67. The van der Waals surface area contributed by atoms with Crippen molar-refractivity contribution >= 4 is 22.6 Å². The number of benzene rings is 1.